The summed E-state index contributed by atoms with van der Waals surface area (Å²) in [5.41, 5.74) is 0. The minimum absolute atomic E-state index is 0.000556. The number of aliphatic hydroxyl groups excluding tert-OH is 1. The smallest absolute Gasteiger partial charge is 0.392 e. The molecule has 0 bridgehead atoms. The highest BCUT2D eigenvalue weighted by molar-refractivity contribution is 4.77. The van der Waals surface area contributed by atoms with E-state index >= 15 is 0 Å². The summed E-state index contributed by atoms with van der Waals surface area (Å²) in [5, 5.41) is 9.09. The Labute approximate surface area is 75.3 Å². The average molecular weight is 197 g/mol. The molecule has 0 aromatic carbocycles. The van der Waals surface area contributed by atoms with Crippen LogP contribution in [0.25, 0.3) is 0 Å². The van der Waals surface area contributed by atoms with Crippen LogP contribution in [-0.4, -0.2) is 41.9 Å². The van der Waals surface area contributed by atoms with Gasteiger partial charge in [0.15, 0.2) is 0 Å². The van der Waals surface area contributed by atoms with Gasteiger partial charge in [0.25, 0.3) is 0 Å². The first-order chi connectivity index (χ1) is 5.89. The van der Waals surface area contributed by atoms with Crippen molar-refractivity contribution in [3.8, 4) is 0 Å². The summed E-state index contributed by atoms with van der Waals surface area (Å²) in [4.78, 5) is 1.66. The number of β-amino-alcohol motifs (C(OH)–C–C–N with tert-alkyl or cyclic N) is 1. The number of halogens is 3. The maximum Gasteiger partial charge on any atom is 0.392 e. The topological polar surface area (TPSA) is 23.5 Å². The number of hydrogen-bond donors (Lipinski definition) is 1. The van der Waals surface area contributed by atoms with Crippen LogP contribution in [0, 0.1) is 5.92 Å². The Morgan fingerprint density at radius 1 is 1.54 bits per heavy atom. The van der Waals surface area contributed by atoms with Crippen molar-refractivity contribution in [2.45, 2.75) is 25.6 Å². The van der Waals surface area contributed by atoms with Crippen molar-refractivity contribution in [3.63, 3.8) is 0 Å². The Kier molecular flexibility index (Phi) is 3.18. The fourth-order valence-electron chi connectivity index (χ4n) is 1.47. The number of aliphatic hydroxyl groups is 1. The van der Waals surface area contributed by atoms with Crippen LogP contribution in [0.2, 0.25) is 0 Å². The summed E-state index contributed by atoms with van der Waals surface area (Å²) in [5.74, 6) is -1.31. The Bertz CT molecular complexity index is 171. The molecule has 1 fully saturated rings. The Morgan fingerprint density at radius 2 is 2.15 bits per heavy atom. The Balaban J connectivity index is 2.33. The molecule has 1 unspecified atom stereocenters. The first-order valence-electron chi connectivity index (χ1n) is 4.36. The molecule has 0 aliphatic carbocycles. The summed E-state index contributed by atoms with van der Waals surface area (Å²) in [6, 6.07) is 0. The summed E-state index contributed by atoms with van der Waals surface area (Å²) >= 11 is 0. The second kappa shape index (κ2) is 3.84. The third-order valence-electron chi connectivity index (χ3n) is 2.34. The molecule has 1 aliphatic heterocycles. The van der Waals surface area contributed by atoms with Crippen molar-refractivity contribution < 1.29 is 18.3 Å². The van der Waals surface area contributed by atoms with Crippen LogP contribution in [0.4, 0.5) is 13.2 Å². The zero-order chi connectivity index (χ0) is 10.1. The lowest BCUT2D eigenvalue weighted by atomic mass is 10.1. The van der Waals surface area contributed by atoms with Gasteiger partial charge in [0.2, 0.25) is 0 Å². The third-order valence-corrected chi connectivity index (χ3v) is 2.34. The van der Waals surface area contributed by atoms with E-state index < -0.39 is 18.2 Å². The molecular weight excluding hydrogens is 183 g/mol. The molecule has 1 N–H and O–H groups in total. The predicted octanol–water partition coefficient (Wildman–Crippen LogP) is 1.25. The van der Waals surface area contributed by atoms with E-state index in [-0.39, 0.29) is 6.54 Å². The predicted molar refractivity (Wildman–Crippen MR) is 42.3 cm³/mol. The highest BCUT2D eigenvalue weighted by Crippen LogP contribution is 2.27. The molecule has 0 aromatic heterocycles. The van der Waals surface area contributed by atoms with Gasteiger partial charge in [-0.1, -0.05) is 6.92 Å². The minimum atomic E-state index is -4.12. The van der Waals surface area contributed by atoms with Crippen molar-refractivity contribution in [1.29, 1.82) is 0 Å². The van der Waals surface area contributed by atoms with Gasteiger partial charge in [0.05, 0.1) is 12.0 Å². The van der Waals surface area contributed by atoms with Crippen LogP contribution in [-0.2, 0) is 0 Å². The average Bonchev–Trinajstić information content (AvgIpc) is 2.33. The molecule has 2 nitrogen and oxygen atoms in total. The standard InChI is InChI=1S/C8H14F3NO/c1-6(8(9,10)11)4-12-3-2-7(13)5-12/h6-7,13H,2-5H2,1H3/t6?,7-/m0/s1. The normalized spacial score (nSPS) is 27.9. The highest BCUT2D eigenvalue weighted by Gasteiger charge is 2.37. The lowest BCUT2D eigenvalue weighted by Crippen LogP contribution is -2.34. The number of alkyl halides is 3. The van der Waals surface area contributed by atoms with Crippen molar-refractivity contribution >= 4 is 0 Å². The number of rotatable bonds is 2. The summed E-state index contributed by atoms with van der Waals surface area (Å²) in [6.07, 6.45) is -3.97. The molecule has 0 saturated carbocycles. The molecule has 1 aliphatic rings. The molecule has 0 aromatic rings. The van der Waals surface area contributed by atoms with Crippen LogP contribution in [0.5, 0.6) is 0 Å². The van der Waals surface area contributed by atoms with Crippen molar-refractivity contribution in [2.75, 3.05) is 19.6 Å². The van der Waals surface area contributed by atoms with E-state index in [1.807, 2.05) is 0 Å². The molecule has 13 heavy (non-hydrogen) atoms. The molecule has 0 spiro atoms. The van der Waals surface area contributed by atoms with Crippen LogP contribution >= 0.6 is 0 Å². The van der Waals surface area contributed by atoms with Gasteiger partial charge in [0.1, 0.15) is 0 Å². The number of likely N-dealkylation sites (tertiary alicyclic amines) is 1. The SMILES string of the molecule is CC(CN1CC[C@H](O)C1)C(F)(F)F. The van der Waals surface area contributed by atoms with E-state index in [4.69, 9.17) is 5.11 Å². The van der Waals surface area contributed by atoms with E-state index in [1.165, 1.54) is 6.92 Å². The van der Waals surface area contributed by atoms with Crippen molar-refractivity contribution in [2.24, 2.45) is 5.92 Å². The molecule has 0 radical (unpaired) electrons. The van der Waals surface area contributed by atoms with E-state index in [0.717, 1.165) is 0 Å². The van der Waals surface area contributed by atoms with E-state index in [9.17, 15) is 13.2 Å². The summed E-state index contributed by atoms with van der Waals surface area (Å²) in [6.45, 7) is 2.12. The minimum Gasteiger partial charge on any atom is -0.392 e. The van der Waals surface area contributed by atoms with Gasteiger partial charge >= 0.3 is 6.18 Å². The van der Waals surface area contributed by atoms with Gasteiger partial charge in [-0.2, -0.15) is 13.2 Å². The molecule has 1 heterocycles. The van der Waals surface area contributed by atoms with Gasteiger partial charge < -0.3 is 10.0 Å². The fraction of sp³-hybridized carbons (Fsp3) is 1.00. The quantitative estimate of drug-likeness (QED) is 0.720. The Hall–Kier alpha value is -0.290. The van der Waals surface area contributed by atoms with Crippen molar-refractivity contribution in [1.82, 2.24) is 4.90 Å². The van der Waals surface area contributed by atoms with E-state index in [1.54, 1.807) is 4.90 Å². The first-order valence-corrected chi connectivity index (χ1v) is 4.36. The van der Waals surface area contributed by atoms with Gasteiger partial charge in [0, 0.05) is 19.6 Å². The molecule has 78 valence electrons. The van der Waals surface area contributed by atoms with Gasteiger partial charge in [-0.05, 0) is 6.42 Å². The van der Waals surface area contributed by atoms with Crippen LogP contribution < -0.4 is 0 Å². The van der Waals surface area contributed by atoms with Crippen LogP contribution in [0.1, 0.15) is 13.3 Å². The van der Waals surface area contributed by atoms with E-state index in [0.29, 0.717) is 19.5 Å². The van der Waals surface area contributed by atoms with Crippen LogP contribution in [0.3, 0.4) is 0 Å². The largest absolute Gasteiger partial charge is 0.392 e. The zero-order valence-electron chi connectivity index (χ0n) is 7.51. The second-order valence-electron chi connectivity index (χ2n) is 3.64. The van der Waals surface area contributed by atoms with Gasteiger partial charge in [-0.15, -0.1) is 0 Å². The lowest BCUT2D eigenvalue weighted by molar-refractivity contribution is -0.173. The monoisotopic (exact) mass is 197 g/mol. The fourth-order valence-corrected chi connectivity index (χ4v) is 1.47. The molecule has 1 rings (SSSR count). The van der Waals surface area contributed by atoms with Gasteiger partial charge in [-0.3, -0.25) is 0 Å². The summed E-state index contributed by atoms with van der Waals surface area (Å²) < 4.78 is 36.3. The second-order valence-corrected chi connectivity index (χ2v) is 3.64. The zero-order valence-corrected chi connectivity index (χ0v) is 7.51. The van der Waals surface area contributed by atoms with Gasteiger partial charge in [-0.25, -0.2) is 0 Å². The molecular formula is C8H14F3NO. The molecule has 5 heteroatoms. The summed E-state index contributed by atoms with van der Waals surface area (Å²) in [7, 11) is 0. The number of hydrogen-bond acceptors (Lipinski definition) is 2. The van der Waals surface area contributed by atoms with Crippen LogP contribution in [0.15, 0.2) is 0 Å². The maximum absolute atomic E-state index is 12.1. The highest BCUT2D eigenvalue weighted by atomic mass is 19.4. The molecule has 2 atom stereocenters. The molecule has 1 saturated heterocycles. The third kappa shape index (κ3) is 3.15. The first kappa shape index (κ1) is 10.8. The van der Waals surface area contributed by atoms with E-state index in [2.05, 4.69) is 0 Å². The Morgan fingerprint density at radius 3 is 2.54 bits per heavy atom. The molecule has 0 amide bonds. The number of nitrogens with zero attached hydrogens (tertiary/aromatic N) is 1. The van der Waals surface area contributed by atoms with Crippen molar-refractivity contribution in [3.05, 3.63) is 0 Å². The maximum atomic E-state index is 12.1. The lowest BCUT2D eigenvalue weighted by Gasteiger charge is -2.22.